The van der Waals surface area contributed by atoms with E-state index < -0.39 is 0 Å². The van der Waals surface area contributed by atoms with E-state index in [0.717, 1.165) is 25.3 Å². The van der Waals surface area contributed by atoms with Crippen LogP contribution in [-0.2, 0) is 0 Å². The highest BCUT2D eigenvalue weighted by Gasteiger charge is 2.16. The Morgan fingerprint density at radius 2 is 2.05 bits per heavy atom. The van der Waals surface area contributed by atoms with E-state index in [4.69, 9.17) is 5.84 Å². The molecule has 0 aromatic carbocycles. The average molecular weight is 293 g/mol. The number of nitrogens with zero attached hydrogens (tertiary/aromatic N) is 7. The minimum absolute atomic E-state index is 0.317. The van der Waals surface area contributed by atoms with Gasteiger partial charge in [-0.15, -0.1) is 0 Å². The fourth-order valence-corrected chi connectivity index (χ4v) is 2.81. The summed E-state index contributed by atoms with van der Waals surface area (Å²) in [6, 6.07) is 0. The first-order chi connectivity index (χ1) is 9.86. The Hall–Kier alpha value is -1.94. The van der Waals surface area contributed by atoms with Crippen LogP contribution in [0.25, 0.3) is 5.95 Å². The molecule has 0 saturated carbocycles. The van der Waals surface area contributed by atoms with E-state index in [1.54, 1.807) is 0 Å². The normalized spacial score (nSPS) is 15.9. The number of hydrogen-bond donors (Lipinski definition) is 2. The summed E-state index contributed by atoms with van der Waals surface area (Å²) < 4.78 is 1.48. The topological polar surface area (TPSA) is 111 Å². The lowest BCUT2D eigenvalue weighted by molar-refractivity contribution is 0.746. The van der Waals surface area contributed by atoms with Crippen molar-refractivity contribution >= 4 is 23.7 Å². The van der Waals surface area contributed by atoms with Crippen molar-refractivity contribution in [1.82, 2.24) is 29.7 Å². The van der Waals surface area contributed by atoms with Gasteiger partial charge in [-0.3, -0.25) is 5.43 Å². The van der Waals surface area contributed by atoms with E-state index in [0.29, 0.717) is 17.8 Å². The largest absolute Gasteiger partial charge is 0.340 e. The third-order valence-corrected chi connectivity index (χ3v) is 3.92. The lowest BCUT2D eigenvalue weighted by Gasteiger charge is -2.20. The van der Waals surface area contributed by atoms with Gasteiger partial charge in [0, 0.05) is 18.8 Å². The molecule has 0 bridgehead atoms. The van der Waals surface area contributed by atoms with Crippen molar-refractivity contribution in [3.63, 3.8) is 0 Å². The van der Waals surface area contributed by atoms with Crippen LogP contribution in [-0.4, -0.2) is 54.3 Å². The van der Waals surface area contributed by atoms with Crippen molar-refractivity contribution in [2.24, 2.45) is 5.84 Å². The third kappa shape index (κ3) is 2.80. The molecular weight excluding hydrogens is 278 g/mol. The molecule has 20 heavy (non-hydrogen) atoms. The second kappa shape index (κ2) is 6.01. The van der Waals surface area contributed by atoms with E-state index >= 15 is 0 Å². The fraction of sp³-hybridized carbons (Fsp3) is 0.500. The molecule has 3 N–H and O–H groups in total. The summed E-state index contributed by atoms with van der Waals surface area (Å²) in [5, 5.41) is 4.03. The minimum atomic E-state index is 0.317. The lowest BCUT2D eigenvalue weighted by Crippen LogP contribution is -2.29. The first-order valence-electron chi connectivity index (χ1n) is 6.27. The zero-order valence-corrected chi connectivity index (χ0v) is 11.6. The highest BCUT2D eigenvalue weighted by Crippen LogP contribution is 2.17. The molecule has 0 aliphatic carbocycles. The van der Waals surface area contributed by atoms with E-state index in [2.05, 4.69) is 35.4 Å². The fourth-order valence-electron chi connectivity index (χ4n) is 1.92. The van der Waals surface area contributed by atoms with Gasteiger partial charge in [0.1, 0.15) is 12.7 Å². The quantitative estimate of drug-likeness (QED) is 0.581. The van der Waals surface area contributed by atoms with Gasteiger partial charge in [0.05, 0.1) is 0 Å². The van der Waals surface area contributed by atoms with Crippen LogP contribution in [0.1, 0.15) is 6.42 Å². The van der Waals surface area contributed by atoms with E-state index in [9.17, 15) is 0 Å². The van der Waals surface area contributed by atoms with Crippen LogP contribution in [0.15, 0.2) is 12.7 Å². The van der Waals surface area contributed by atoms with Gasteiger partial charge in [0.2, 0.25) is 11.9 Å². The van der Waals surface area contributed by atoms with Crippen molar-refractivity contribution in [3.8, 4) is 5.95 Å². The molecule has 0 atom stereocenters. The number of nitrogens with one attached hydrogen (secondary N) is 1. The van der Waals surface area contributed by atoms with Gasteiger partial charge >= 0.3 is 0 Å². The molecule has 0 unspecified atom stereocenters. The Labute approximate surface area is 120 Å². The molecule has 0 radical (unpaired) electrons. The van der Waals surface area contributed by atoms with Gasteiger partial charge in [-0.2, -0.15) is 36.5 Å². The van der Waals surface area contributed by atoms with Crippen LogP contribution >= 0.6 is 11.8 Å². The predicted octanol–water partition coefficient (Wildman–Crippen LogP) is -0.319. The smallest absolute Gasteiger partial charge is 0.258 e. The number of aromatic nitrogens is 6. The molecule has 1 aliphatic rings. The van der Waals surface area contributed by atoms with Crippen LogP contribution in [0.2, 0.25) is 0 Å². The Morgan fingerprint density at radius 1 is 1.15 bits per heavy atom. The molecule has 9 nitrogen and oxygen atoms in total. The maximum absolute atomic E-state index is 5.43. The van der Waals surface area contributed by atoms with Crippen LogP contribution in [0.4, 0.5) is 11.9 Å². The van der Waals surface area contributed by atoms with Crippen molar-refractivity contribution in [2.75, 3.05) is 34.9 Å². The average Bonchev–Trinajstić information content (AvgIpc) is 2.89. The number of hydrogen-bond acceptors (Lipinski definition) is 9. The van der Waals surface area contributed by atoms with Crippen LogP contribution in [0, 0.1) is 0 Å². The summed E-state index contributed by atoms with van der Waals surface area (Å²) in [5.74, 6) is 8.99. The molecule has 0 amide bonds. The molecule has 2 aromatic heterocycles. The number of nitrogens with two attached hydrogens (primary N) is 1. The highest BCUT2D eigenvalue weighted by atomic mass is 32.2. The van der Waals surface area contributed by atoms with Crippen LogP contribution in [0.5, 0.6) is 0 Å². The van der Waals surface area contributed by atoms with Gasteiger partial charge in [-0.1, -0.05) is 0 Å². The number of nitrogen functional groups attached to an aromatic ring is 1. The Balaban J connectivity index is 1.95. The SMILES string of the molecule is NNc1nc(N2CCCSCC2)nc(-n2cncn2)n1. The molecule has 0 spiro atoms. The maximum atomic E-state index is 5.43. The molecular formula is C10H15N9S. The second-order valence-corrected chi connectivity index (χ2v) is 5.42. The standard InChI is InChI=1S/C10H15N9S/c11-17-8-14-9(18-2-1-4-20-5-3-18)16-10(15-8)19-7-12-6-13-19/h6-7H,1-5,11H2,(H,14,15,16,17). The van der Waals surface area contributed by atoms with Crippen LogP contribution < -0.4 is 16.2 Å². The van der Waals surface area contributed by atoms with Gasteiger partial charge in [0.15, 0.2) is 0 Å². The Morgan fingerprint density at radius 3 is 2.85 bits per heavy atom. The summed E-state index contributed by atoms with van der Waals surface area (Å²) >= 11 is 1.95. The number of rotatable bonds is 3. The zero-order valence-electron chi connectivity index (χ0n) is 10.8. The van der Waals surface area contributed by atoms with Gasteiger partial charge in [-0.25, -0.2) is 10.8 Å². The molecule has 2 aromatic rings. The first kappa shape index (κ1) is 13.1. The van der Waals surface area contributed by atoms with E-state index in [1.165, 1.54) is 23.1 Å². The molecule has 3 heterocycles. The van der Waals surface area contributed by atoms with Crippen LogP contribution in [0.3, 0.4) is 0 Å². The Kier molecular flexibility index (Phi) is 3.92. The monoisotopic (exact) mass is 293 g/mol. The molecule has 1 aliphatic heterocycles. The van der Waals surface area contributed by atoms with Gasteiger partial charge < -0.3 is 4.90 Å². The molecule has 1 saturated heterocycles. The lowest BCUT2D eigenvalue weighted by atomic mass is 10.4. The number of hydrazine groups is 1. The van der Waals surface area contributed by atoms with E-state index in [-0.39, 0.29) is 0 Å². The second-order valence-electron chi connectivity index (χ2n) is 4.20. The number of anilines is 2. The maximum Gasteiger partial charge on any atom is 0.258 e. The van der Waals surface area contributed by atoms with Crippen molar-refractivity contribution in [1.29, 1.82) is 0 Å². The summed E-state index contributed by atoms with van der Waals surface area (Å²) in [7, 11) is 0. The molecule has 3 rings (SSSR count). The zero-order chi connectivity index (χ0) is 13.8. The Bertz CT molecular complexity index is 550. The summed E-state index contributed by atoms with van der Waals surface area (Å²) in [5.41, 5.74) is 2.47. The first-order valence-corrected chi connectivity index (χ1v) is 7.42. The van der Waals surface area contributed by atoms with Gasteiger partial charge in [-0.05, 0) is 12.2 Å². The van der Waals surface area contributed by atoms with Gasteiger partial charge in [0.25, 0.3) is 5.95 Å². The highest BCUT2D eigenvalue weighted by molar-refractivity contribution is 7.99. The third-order valence-electron chi connectivity index (χ3n) is 2.87. The summed E-state index contributed by atoms with van der Waals surface area (Å²) in [6.07, 6.45) is 4.08. The predicted molar refractivity (Wildman–Crippen MR) is 76.7 cm³/mol. The molecule has 1 fully saturated rings. The minimum Gasteiger partial charge on any atom is -0.340 e. The molecule has 106 valence electrons. The van der Waals surface area contributed by atoms with Crippen molar-refractivity contribution in [2.45, 2.75) is 6.42 Å². The summed E-state index contributed by atoms with van der Waals surface area (Å²) in [4.78, 5) is 19.0. The van der Waals surface area contributed by atoms with Crippen molar-refractivity contribution in [3.05, 3.63) is 12.7 Å². The number of thioether (sulfide) groups is 1. The summed E-state index contributed by atoms with van der Waals surface area (Å²) in [6.45, 7) is 1.84. The van der Waals surface area contributed by atoms with Crippen molar-refractivity contribution < 1.29 is 0 Å². The molecule has 10 heteroatoms. The van der Waals surface area contributed by atoms with E-state index in [1.807, 2.05) is 11.8 Å².